The monoisotopic (exact) mass is 727 g/mol. The van der Waals surface area contributed by atoms with Gasteiger partial charge in [0.15, 0.2) is 17.6 Å². The van der Waals surface area contributed by atoms with Gasteiger partial charge in [-0.3, -0.25) is 9.59 Å². The molecule has 0 aromatic heterocycles. The highest BCUT2D eigenvalue weighted by Crippen LogP contribution is 2.39. The summed E-state index contributed by atoms with van der Waals surface area (Å²) in [6.07, 6.45) is 12.4. The summed E-state index contributed by atoms with van der Waals surface area (Å²) in [6, 6.07) is 3.32. The van der Waals surface area contributed by atoms with Crippen molar-refractivity contribution in [3.63, 3.8) is 0 Å². The van der Waals surface area contributed by atoms with Gasteiger partial charge >= 0.3 is 0 Å². The number of hydrogen-bond acceptors (Lipinski definition) is 10. The number of aliphatic hydroxyl groups is 5. The standard InChI is InChI=1S/C39H70N2O10/c1-4-7-10-13-16-19-24-49-32-27-30(38(47)40-22-23-41-39(48)36(46)35(45)34(44)31(43)29-42)28-33(50-25-20-17-14-11-8-5-2)37(32)51-26-21-18-15-12-9-6-3/h27-28,31,34-36,42-46H,4-26,29H2,1-3H3,(H,40,47)(H,41,48)/t31-,34-,35+,36-/m1/s1. The summed E-state index contributed by atoms with van der Waals surface area (Å²) in [7, 11) is 0. The van der Waals surface area contributed by atoms with Crippen molar-refractivity contribution in [3.8, 4) is 17.2 Å². The van der Waals surface area contributed by atoms with Crippen molar-refractivity contribution in [2.45, 2.75) is 161 Å². The highest BCUT2D eigenvalue weighted by atomic mass is 16.5. The van der Waals surface area contributed by atoms with E-state index < -0.39 is 42.8 Å². The van der Waals surface area contributed by atoms with Crippen molar-refractivity contribution in [1.29, 1.82) is 0 Å². The Kier molecular flexibility index (Phi) is 27.2. The fraction of sp³-hybridized carbons (Fsp3) is 0.795. The van der Waals surface area contributed by atoms with Gasteiger partial charge in [0.2, 0.25) is 5.75 Å². The molecule has 0 unspecified atom stereocenters. The van der Waals surface area contributed by atoms with Gasteiger partial charge in [0.1, 0.15) is 18.3 Å². The third-order valence-corrected chi connectivity index (χ3v) is 8.77. The number of aliphatic hydroxyl groups excluding tert-OH is 5. The molecule has 12 nitrogen and oxygen atoms in total. The van der Waals surface area contributed by atoms with E-state index in [9.17, 15) is 30.0 Å². The highest BCUT2D eigenvalue weighted by molar-refractivity contribution is 5.95. The molecule has 0 aliphatic carbocycles. The minimum Gasteiger partial charge on any atom is -0.490 e. The maximum absolute atomic E-state index is 13.3. The van der Waals surface area contributed by atoms with E-state index in [2.05, 4.69) is 31.4 Å². The molecule has 0 spiro atoms. The zero-order valence-corrected chi connectivity index (χ0v) is 31.7. The van der Waals surface area contributed by atoms with Gasteiger partial charge in [-0.1, -0.05) is 117 Å². The van der Waals surface area contributed by atoms with Crippen LogP contribution in [-0.2, 0) is 4.79 Å². The number of carbonyl (C=O) groups is 2. The highest BCUT2D eigenvalue weighted by Gasteiger charge is 2.34. The van der Waals surface area contributed by atoms with Gasteiger partial charge in [0.25, 0.3) is 11.8 Å². The summed E-state index contributed by atoms with van der Waals surface area (Å²) < 4.78 is 18.8. The van der Waals surface area contributed by atoms with E-state index in [4.69, 9.17) is 19.3 Å². The zero-order chi connectivity index (χ0) is 37.7. The van der Waals surface area contributed by atoms with Crippen LogP contribution in [0.2, 0.25) is 0 Å². The molecule has 0 saturated carbocycles. The number of carbonyl (C=O) groups excluding carboxylic acids is 2. The SMILES string of the molecule is CCCCCCCCOc1cc(C(=O)NCCNC(=O)[C@H](O)[C@@H](O)[C@H](O)[C@H](O)CO)cc(OCCCCCCCC)c1OCCCCCCCC. The summed E-state index contributed by atoms with van der Waals surface area (Å²) in [5.41, 5.74) is 0.306. The molecule has 12 heteroatoms. The second-order valence-electron chi connectivity index (χ2n) is 13.4. The second kappa shape index (κ2) is 29.9. The molecule has 1 rings (SSSR count). The Balaban J connectivity index is 3.03. The fourth-order valence-electron chi connectivity index (χ4n) is 5.50. The first-order chi connectivity index (χ1) is 24.7. The van der Waals surface area contributed by atoms with Crippen LogP contribution in [0.3, 0.4) is 0 Å². The van der Waals surface area contributed by atoms with Crippen LogP contribution in [-0.4, -0.2) is 101 Å². The molecule has 0 fully saturated rings. The topological polar surface area (TPSA) is 187 Å². The number of nitrogens with one attached hydrogen (secondary N) is 2. The van der Waals surface area contributed by atoms with Crippen LogP contribution in [0.4, 0.5) is 0 Å². The molecule has 0 aliphatic rings. The third kappa shape index (κ3) is 20.3. The quantitative estimate of drug-likeness (QED) is 0.0476. The summed E-state index contributed by atoms with van der Waals surface area (Å²) in [6.45, 7) is 7.10. The molecule has 296 valence electrons. The number of benzene rings is 1. The molecule has 1 aromatic rings. The maximum atomic E-state index is 13.3. The fourth-order valence-corrected chi connectivity index (χ4v) is 5.50. The van der Waals surface area contributed by atoms with E-state index in [1.54, 1.807) is 12.1 Å². The number of amides is 2. The second-order valence-corrected chi connectivity index (χ2v) is 13.4. The molecule has 0 heterocycles. The molecule has 0 radical (unpaired) electrons. The minimum absolute atomic E-state index is 0.00656. The lowest BCUT2D eigenvalue weighted by atomic mass is 10.0. The van der Waals surface area contributed by atoms with Crippen molar-refractivity contribution in [2.24, 2.45) is 0 Å². The summed E-state index contributed by atoms with van der Waals surface area (Å²) in [5, 5.41) is 53.3. The number of rotatable bonds is 33. The number of hydrogen-bond donors (Lipinski definition) is 7. The number of ether oxygens (including phenoxy) is 3. The largest absolute Gasteiger partial charge is 0.490 e. The van der Waals surface area contributed by atoms with Crippen LogP contribution >= 0.6 is 0 Å². The first-order valence-corrected chi connectivity index (χ1v) is 19.7. The van der Waals surface area contributed by atoms with E-state index in [0.29, 0.717) is 42.6 Å². The molecule has 0 bridgehead atoms. The lowest BCUT2D eigenvalue weighted by Gasteiger charge is -2.24. The van der Waals surface area contributed by atoms with Gasteiger partial charge in [0.05, 0.1) is 26.4 Å². The number of unbranched alkanes of at least 4 members (excludes halogenated alkanes) is 15. The molecule has 51 heavy (non-hydrogen) atoms. The van der Waals surface area contributed by atoms with Gasteiger partial charge in [0, 0.05) is 18.7 Å². The zero-order valence-electron chi connectivity index (χ0n) is 31.7. The molecular formula is C39H70N2O10. The van der Waals surface area contributed by atoms with Crippen molar-refractivity contribution >= 4 is 11.8 Å². The minimum atomic E-state index is -2.06. The molecule has 4 atom stereocenters. The Hall–Kier alpha value is -2.64. The van der Waals surface area contributed by atoms with Crippen LogP contribution in [0.1, 0.15) is 147 Å². The van der Waals surface area contributed by atoms with Gasteiger partial charge in [-0.15, -0.1) is 0 Å². The van der Waals surface area contributed by atoms with Crippen LogP contribution in [0.25, 0.3) is 0 Å². The Morgan fingerprint density at radius 2 is 1.00 bits per heavy atom. The van der Waals surface area contributed by atoms with Crippen LogP contribution in [0.15, 0.2) is 12.1 Å². The van der Waals surface area contributed by atoms with E-state index in [1.807, 2.05) is 0 Å². The average molecular weight is 727 g/mol. The van der Waals surface area contributed by atoms with Crippen molar-refractivity contribution < 1.29 is 49.3 Å². The van der Waals surface area contributed by atoms with E-state index >= 15 is 0 Å². The van der Waals surface area contributed by atoms with Gasteiger partial charge in [-0.2, -0.15) is 0 Å². The van der Waals surface area contributed by atoms with Gasteiger partial charge in [-0.25, -0.2) is 0 Å². The molecule has 7 N–H and O–H groups in total. The maximum Gasteiger partial charge on any atom is 0.251 e. The summed E-state index contributed by atoms with van der Waals surface area (Å²) in [5.74, 6) is -0.0278. The summed E-state index contributed by atoms with van der Waals surface area (Å²) >= 11 is 0. The molecule has 2 amide bonds. The van der Waals surface area contributed by atoms with Gasteiger partial charge < -0.3 is 50.4 Å². The first-order valence-electron chi connectivity index (χ1n) is 19.7. The average Bonchev–Trinajstić information content (AvgIpc) is 3.14. The smallest absolute Gasteiger partial charge is 0.251 e. The molecule has 1 aromatic carbocycles. The molecule has 0 aliphatic heterocycles. The first kappa shape index (κ1) is 46.4. The Morgan fingerprint density at radius 1 is 0.588 bits per heavy atom. The Bertz CT molecular complexity index is 1000. The van der Waals surface area contributed by atoms with Crippen molar-refractivity contribution in [3.05, 3.63) is 17.7 Å². The Morgan fingerprint density at radius 3 is 1.45 bits per heavy atom. The predicted molar refractivity (Wildman–Crippen MR) is 200 cm³/mol. The predicted octanol–water partition coefficient (Wildman–Crippen LogP) is 5.19. The normalized spacial score (nSPS) is 13.6. The van der Waals surface area contributed by atoms with Crippen LogP contribution in [0, 0.1) is 0 Å². The van der Waals surface area contributed by atoms with Crippen LogP contribution in [0.5, 0.6) is 17.2 Å². The van der Waals surface area contributed by atoms with E-state index in [0.717, 1.165) is 57.8 Å². The van der Waals surface area contributed by atoms with Crippen molar-refractivity contribution in [1.82, 2.24) is 10.6 Å². The molecule has 0 saturated heterocycles. The molecular weight excluding hydrogens is 656 g/mol. The lowest BCUT2D eigenvalue weighted by molar-refractivity contribution is -0.148. The van der Waals surface area contributed by atoms with Crippen LogP contribution < -0.4 is 24.8 Å². The van der Waals surface area contributed by atoms with Crippen molar-refractivity contribution in [2.75, 3.05) is 39.5 Å². The van der Waals surface area contributed by atoms with E-state index in [1.165, 1.54) is 57.8 Å². The Labute approximate surface area is 306 Å². The summed E-state index contributed by atoms with van der Waals surface area (Å²) in [4.78, 5) is 25.6. The third-order valence-electron chi connectivity index (χ3n) is 8.77. The lowest BCUT2D eigenvalue weighted by Crippen LogP contribution is -2.52. The van der Waals surface area contributed by atoms with E-state index in [-0.39, 0.29) is 13.1 Å². The van der Waals surface area contributed by atoms with Gasteiger partial charge in [-0.05, 0) is 31.4 Å².